The normalized spacial score (nSPS) is 18.6. The number of benzene rings is 1. The van der Waals surface area contributed by atoms with Gasteiger partial charge in [-0.15, -0.1) is 0 Å². The van der Waals surface area contributed by atoms with Gasteiger partial charge in [-0.1, -0.05) is 18.2 Å². The van der Waals surface area contributed by atoms with Crippen LogP contribution in [0.25, 0.3) is 0 Å². The summed E-state index contributed by atoms with van der Waals surface area (Å²) in [6, 6.07) is 8.91. The minimum atomic E-state index is -0.776. The molecule has 0 aromatic heterocycles. The first-order valence-electron chi connectivity index (χ1n) is 5.29. The molecule has 0 N–H and O–H groups in total. The highest BCUT2D eigenvalue weighted by molar-refractivity contribution is 5.81. The molecule has 1 saturated heterocycles. The summed E-state index contributed by atoms with van der Waals surface area (Å²) in [4.78, 5) is 22.4. The fourth-order valence-corrected chi connectivity index (χ4v) is 1.44. The molecule has 0 amide bonds. The number of carbonyl (C=O) groups excluding carboxylic acids is 2. The molecule has 1 aromatic rings. The predicted molar refractivity (Wildman–Crippen MR) is 57.4 cm³/mol. The maximum absolute atomic E-state index is 11.4. The maximum atomic E-state index is 11.4. The topological polar surface area (TPSA) is 61.8 Å². The van der Waals surface area contributed by atoms with Gasteiger partial charge < -0.3 is 14.2 Å². The Morgan fingerprint density at radius 3 is 2.76 bits per heavy atom. The lowest BCUT2D eigenvalue weighted by Gasteiger charge is -2.09. The summed E-state index contributed by atoms with van der Waals surface area (Å²) in [6.45, 7) is 0.0874. The molecule has 0 bridgehead atoms. The standard InChI is InChI=1S/C12H12O5/c13-11(17-10-6-7-15-12(10)14)8-16-9-4-2-1-3-5-9/h1-5,10H,6-8H2/t10-/m1/s1. The van der Waals surface area contributed by atoms with E-state index in [-0.39, 0.29) is 6.61 Å². The van der Waals surface area contributed by atoms with E-state index in [9.17, 15) is 9.59 Å². The highest BCUT2D eigenvalue weighted by Gasteiger charge is 2.30. The first-order valence-corrected chi connectivity index (χ1v) is 5.29. The van der Waals surface area contributed by atoms with Crippen molar-refractivity contribution < 1.29 is 23.8 Å². The molecule has 1 aliphatic rings. The molecule has 1 heterocycles. The maximum Gasteiger partial charge on any atom is 0.347 e. The van der Waals surface area contributed by atoms with Crippen molar-refractivity contribution in [2.45, 2.75) is 12.5 Å². The van der Waals surface area contributed by atoms with Crippen LogP contribution in [0.3, 0.4) is 0 Å². The highest BCUT2D eigenvalue weighted by atomic mass is 16.6. The first-order chi connectivity index (χ1) is 8.25. The molecule has 5 nitrogen and oxygen atoms in total. The van der Waals surface area contributed by atoms with Gasteiger partial charge in [0.05, 0.1) is 6.61 Å². The van der Waals surface area contributed by atoms with E-state index in [2.05, 4.69) is 4.74 Å². The number of carbonyl (C=O) groups is 2. The second-order valence-electron chi connectivity index (χ2n) is 3.54. The molecule has 0 spiro atoms. The van der Waals surface area contributed by atoms with Crippen LogP contribution >= 0.6 is 0 Å². The number of hydrogen-bond donors (Lipinski definition) is 0. The number of esters is 2. The van der Waals surface area contributed by atoms with Gasteiger partial charge in [0.2, 0.25) is 6.10 Å². The highest BCUT2D eigenvalue weighted by Crippen LogP contribution is 2.11. The van der Waals surface area contributed by atoms with Crippen LogP contribution in [0.2, 0.25) is 0 Å². The molecule has 0 radical (unpaired) electrons. The molecule has 1 atom stereocenters. The van der Waals surface area contributed by atoms with Gasteiger partial charge in [-0.2, -0.15) is 0 Å². The van der Waals surface area contributed by atoms with Gasteiger partial charge in [-0.05, 0) is 12.1 Å². The summed E-state index contributed by atoms with van der Waals surface area (Å²) in [5.41, 5.74) is 0. The van der Waals surface area contributed by atoms with Crippen molar-refractivity contribution in [3.8, 4) is 5.75 Å². The summed E-state index contributed by atoms with van der Waals surface area (Å²) in [7, 11) is 0. The van der Waals surface area contributed by atoms with Crippen LogP contribution in [-0.4, -0.2) is 31.3 Å². The average Bonchev–Trinajstić information content (AvgIpc) is 2.74. The van der Waals surface area contributed by atoms with Crippen molar-refractivity contribution in [1.29, 1.82) is 0 Å². The fourth-order valence-electron chi connectivity index (χ4n) is 1.44. The molecule has 17 heavy (non-hydrogen) atoms. The summed E-state index contributed by atoms with van der Waals surface area (Å²) in [6.07, 6.45) is -0.363. The molecular weight excluding hydrogens is 224 g/mol. The Morgan fingerprint density at radius 1 is 1.35 bits per heavy atom. The summed E-state index contributed by atoms with van der Waals surface area (Å²) >= 11 is 0. The Hall–Kier alpha value is -2.04. The van der Waals surface area contributed by atoms with E-state index in [0.29, 0.717) is 18.8 Å². The zero-order valence-corrected chi connectivity index (χ0v) is 9.13. The Kier molecular flexibility index (Phi) is 3.59. The van der Waals surface area contributed by atoms with Crippen molar-refractivity contribution >= 4 is 11.9 Å². The Labute approximate surface area is 98.3 Å². The largest absolute Gasteiger partial charge is 0.482 e. The van der Waals surface area contributed by atoms with E-state index in [0.717, 1.165) is 0 Å². The Morgan fingerprint density at radius 2 is 2.12 bits per heavy atom. The van der Waals surface area contributed by atoms with Gasteiger partial charge >= 0.3 is 11.9 Å². The number of cyclic esters (lactones) is 1. The number of ether oxygens (including phenoxy) is 3. The van der Waals surface area contributed by atoms with Crippen LogP contribution in [0, 0.1) is 0 Å². The van der Waals surface area contributed by atoms with Gasteiger partial charge in [0.1, 0.15) is 5.75 Å². The zero-order valence-electron chi connectivity index (χ0n) is 9.13. The quantitative estimate of drug-likeness (QED) is 0.727. The second kappa shape index (κ2) is 5.34. The smallest absolute Gasteiger partial charge is 0.347 e. The molecule has 5 heteroatoms. The van der Waals surface area contributed by atoms with E-state index in [1.54, 1.807) is 24.3 Å². The fraction of sp³-hybridized carbons (Fsp3) is 0.333. The van der Waals surface area contributed by atoms with E-state index in [4.69, 9.17) is 9.47 Å². The Bertz CT molecular complexity index is 401. The van der Waals surface area contributed by atoms with Crippen LogP contribution in [0.15, 0.2) is 30.3 Å². The third-order valence-corrected chi connectivity index (χ3v) is 2.26. The molecular formula is C12H12O5. The molecule has 1 aliphatic heterocycles. The van der Waals surface area contributed by atoms with Crippen molar-refractivity contribution in [3.05, 3.63) is 30.3 Å². The SMILES string of the molecule is O=C(COc1ccccc1)O[C@@H]1CCOC1=O. The zero-order chi connectivity index (χ0) is 12.1. The third-order valence-electron chi connectivity index (χ3n) is 2.26. The molecule has 0 unspecified atom stereocenters. The molecule has 1 fully saturated rings. The lowest BCUT2D eigenvalue weighted by atomic mass is 10.3. The Balaban J connectivity index is 1.76. The van der Waals surface area contributed by atoms with Crippen LogP contribution in [0.5, 0.6) is 5.75 Å². The van der Waals surface area contributed by atoms with Crippen LogP contribution in [0.4, 0.5) is 0 Å². The summed E-state index contributed by atoms with van der Waals surface area (Å²) < 4.78 is 14.8. The lowest BCUT2D eigenvalue weighted by Crippen LogP contribution is -2.26. The van der Waals surface area contributed by atoms with Crippen molar-refractivity contribution in [1.82, 2.24) is 0 Å². The lowest BCUT2D eigenvalue weighted by molar-refractivity contribution is -0.161. The van der Waals surface area contributed by atoms with Crippen LogP contribution in [-0.2, 0) is 19.1 Å². The summed E-state index contributed by atoms with van der Waals surface area (Å²) in [5.74, 6) is -0.478. The minimum Gasteiger partial charge on any atom is -0.482 e. The number of rotatable bonds is 4. The van der Waals surface area contributed by atoms with Gasteiger partial charge in [0.15, 0.2) is 6.61 Å². The number of para-hydroxylation sites is 1. The van der Waals surface area contributed by atoms with Crippen molar-refractivity contribution in [2.75, 3.05) is 13.2 Å². The van der Waals surface area contributed by atoms with Crippen molar-refractivity contribution in [2.24, 2.45) is 0 Å². The molecule has 90 valence electrons. The summed E-state index contributed by atoms with van der Waals surface area (Å²) in [5, 5.41) is 0. The van der Waals surface area contributed by atoms with E-state index >= 15 is 0 Å². The third kappa shape index (κ3) is 3.21. The minimum absolute atomic E-state index is 0.214. The predicted octanol–water partition coefficient (Wildman–Crippen LogP) is 0.924. The number of hydrogen-bond acceptors (Lipinski definition) is 5. The molecule has 2 rings (SSSR count). The van der Waals surface area contributed by atoms with Crippen LogP contribution < -0.4 is 4.74 Å². The van der Waals surface area contributed by atoms with Crippen LogP contribution in [0.1, 0.15) is 6.42 Å². The van der Waals surface area contributed by atoms with Gasteiger partial charge in [0, 0.05) is 6.42 Å². The van der Waals surface area contributed by atoms with Gasteiger partial charge in [0.25, 0.3) is 0 Å². The monoisotopic (exact) mass is 236 g/mol. The second-order valence-corrected chi connectivity index (χ2v) is 3.54. The molecule has 0 saturated carbocycles. The van der Waals surface area contributed by atoms with E-state index in [1.807, 2.05) is 6.07 Å². The van der Waals surface area contributed by atoms with Gasteiger partial charge in [-0.3, -0.25) is 0 Å². The van der Waals surface area contributed by atoms with Gasteiger partial charge in [-0.25, -0.2) is 9.59 Å². The van der Waals surface area contributed by atoms with E-state index < -0.39 is 18.0 Å². The van der Waals surface area contributed by atoms with Crippen molar-refractivity contribution in [3.63, 3.8) is 0 Å². The van der Waals surface area contributed by atoms with E-state index in [1.165, 1.54) is 0 Å². The molecule has 0 aliphatic carbocycles. The molecule has 1 aromatic carbocycles. The average molecular weight is 236 g/mol. The first kappa shape index (κ1) is 11.4.